The Bertz CT molecular complexity index is 588. The summed E-state index contributed by atoms with van der Waals surface area (Å²) in [5.74, 6) is 1.65. The number of ether oxygens (including phenoxy) is 3. The standard InChI is InChI=1S/C14H17N3O4/c1-19-5-4-17-12(13(15)16-14(17)18)9-2-3-10-11(8-9)21-7-6-20-10/h2-3,8,12H,4-7H2,1H3,(H2,15,16,18). The van der Waals surface area contributed by atoms with E-state index in [0.29, 0.717) is 37.9 Å². The second-order valence-corrected chi connectivity index (χ2v) is 4.81. The van der Waals surface area contributed by atoms with E-state index in [4.69, 9.17) is 19.9 Å². The lowest BCUT2D eigenvalue weighted by Crippen LogP contribution is -2.35. The van der Waals surface area contributed by atoms with E-state index in [9.17, 15) is 4.79 Å². The van der Waals surface area contributed by atoms with E-state index in [1.165, 1.54) is 0 Å². The van der Waals surface area contributed by atoms with Crippen LogP contribution in [0.3, 0.4) is 0 Å². The lowest BCUT2D eigenvalue weighted by molar-refractivity contribution is 0.150. The van der Waals surface area contributed by atoms with Crippen molar-refractivity contribution in [1.29, 1.82) is 0 Å². The van der Waals surface area contributed by atoms with Gasteiger partial charge in [-0.25, -0.2) is 4.79 Å². The first-order chi connectivity index (χ1) is 10.2. The highest BCUT2D eigenvalue weighted by atomic mass is 16.6. The number of rotatable bonds is 4. The third-order valence-electron chi connectivity index (χ3n) is 3.48. The average molecular weight is 291 g/mol. The first kappa shape index (κ1) is 13.7. The van der Waals surface area contributed by atoms with E-state index < -0.39 is 0 Å². The van der Waals surface area contributed by atoms with Crippen LogP contribution in [0.5, 0.6) is 11.5 Å². The van der Waals surface area contributed by atoms with Gasteiger partial charge in [-0.15, -0.1) is 0 Å². The smallest absolute Gasteiger partial charge is 0.346 e. The minimum atomic E-state index is -0.386. The summed E-state index contributed by atoms with van der Waals surface area (Å²) in [6.45, 7) is 1.91. The molecule has 7 heteroatoms. The molecule has 112 valence electrons. The van der Waals surface area contributed by atoms with Crippen molar-refractivity contribution in [2.75, 3.05) is 33.5 Å². The molecule has 7 nitrogen and oxygen atoms in total. The number of fused-ring (bicyclic) bond motifs is 1. The lowest BCUT2D eigenvalue weighted by atomic mass is 10.0. The number of nitrogens with zero attached hydrogens (tertiary/aromatic N) is 2. The topological polar surface area (TPSA) is 86.4 Å². The van der Waals surface area contributed by atoms with Gasteiger partial charge in [-0.1, -0.05) is 6.07 Å². The van der Waals surface area contributed by atoms with Crippen LogP contribution in [-0.4, -0.2) is 50.2 Å². The van der Waals surface area contributed by atoms with Crippen molar-refractivity contribution in [3.8, 4) is 11.5 Å². The molecule has 1 aromatic rings. The fourth-order valence-electron chi connectivity index (χ4n) is 2.50. The second-order valence-electron chi connectivity index (χ2n) is 4.81. The number of amidine groups is 1. The van der Waals surface area contributed by atoms with Crippen LogP contribution in [0, 0.1) is 0 Å². The molecule has 2 aliphatic rings. The molecule has 0 saturated carbocycles. The predicted octanol–water partition coefficient (Wildman–Crippen LogP) is 0.938. The van der Waals surface area contributed by atoms with Gasteiger partial charge < -0.3 is 24.8 Å². The van der Waals surface area contributed by atoms with Gasteiger partial charge in [-0.2, -0.15) is 4.99 Å². The Hall–Kier alpha value is -2.28. The summed E-state index contributed by atoms with van der Waals surface area (Å²) in [6.07, 6.45) is 0. The molecule has 0 fully saturated rings. The minimum Gasteiger partial charge on any atom is -0.486 e. The molecule has 0 aliphatic carbocycles. The van der Waals surface area contributed by atoms with Crippen molar-refractivity contribution in [2.24, 2.45) is 10.7 Å². The summed E-state index contributed by atoms with van der Waals surface area (Å²) in [5, 5.41) is 0. The number of aliphatic imine (C=N–C) groups is 1. The third-order valence-corrected chi connectivity index (χ3v) is 3.48. The van der Waals surface area contributed by atoms with Crippen LogP contribution in [0.25, 0.3) is 0 Å². The SMILES string of the molecule is COCCN1C(=O)N=C(N)C1c1ccc2c(c1)OCCO2. The highest BCUT2D eigenvalue weighted by Crippen LogP contribution is 2.35. The number of nitrogens with two attached hydrogens (primary N) is 1. The van der Waals surface area contributed by atoms with Gasteiger partial charge in [0, 0.05) is 13.7 Å². The maximum absolute atomic E-state index is 11.9. The molecule has 0 aromatic heterocycles. The van der Waals surface area contributed by atoms with Gasteiger partial charge in [0.05, 0.1) is 6.61 Å². The van der Waals surface area contributed by atoms with Crippen LogP contribution in [0.15, 0.2) is 23.2 Å². The van der Waals surface area contributed by atoms with E-state index in [0.717, 1.165) is 5.56 Å². The Balaban J connectivity index is 1.90. The van der Waals surface area contributed by atoms with Crippen LogP contribution < -0.4 is 15.2 Å². The first-order valence-electron chi connectivity index (χ1n) is 6.74. The minimum absolute atomic E-state index is 0.285. The van der Waals surface area contributed by atoms with Crippen molar-refractivity contribution < 1.29 is 19.0 Å². The predicted molar refractivity (Wildman–Crippen MR) is 75.8 cm³/mol. The number of carbonyl (C=O) groups is 1. The number of carbonyl (C=O) groups excluding carboxylic acids is 1. The Morgan fingerprint density at radius 3 is 2.90 bits per heavy atom. The normalized spacial score (nSPS) is 20.6. The number of hydrogen-bond acceptors (Lipinski definition) is 5. The molecular formula is C14H17N3O4. The molecule has 1 aromatic carbocycles. The molecule has 2 heterocycles. The summed E-state index contributed by atoms with van der Waals surface area (Å²) >= 11 is 0. The molecule has 0 radical (unpaired) electrons. The number of hydrogen-bond donors (Lipinski definition) is 1. The molecule has 2 N–H and O–H groups in total. The number of amides is 2. The van der Waals surface area contributed by atoms with E-state index in [1.807, 2.05) is 18.2 Å². The molecule has 2 aliphatic heterocycles. The van der Waals surface area contributed by atoms with Gasteiger partial charge in [-0.05, 0) is 17.7 Å². The van der Waals surface area contributed by atoms with Crippen molar-refractivity contribution in [1.82, 2.24) is 4.90 Å². The average Bonchev–Trinajstić information content (AvgIpc) is 2.78. The van der Waals surface area contributed by atoms with Gasteiger partial charge in [0.1, 0.15) is 25.1 Å². The zero-order valence-electron chi connectivity index (χ0n) is 11.7. The van der Waals surface area contributed by atoms with Crippen LogP contribution in [-0.2, 0) is 4.74 Å². The molecule has 1 atom stereocenters. The second kappa shape index (κ2) is 5.61. The third kappa shape index (κ3) is 2.52. The number of benzene rings is 1. The molecule has 0 saturated heterocycles. The molecule has 2 amide bonds. The van der Waals surface area contributed by atoms with Gasteiger partial charge in [0.2, 0.25) is 0 Å². The van der Waals surface area contributed by atoms with Crippen LogP contribution >= 0.6 is 0 Å². The summed E-state index contributed by atoms with van der Waals surface area (Å²) in [5.41, 5.74) is 6.76. The lowest BCUT2D eigenvalue weighted by Gasteiger charge is -2.26. The molecule has 3 rings (SSSR count). The summed E-state index contributed by atoms with van der Waals surface area (Å²) < 4.78 is 16.1. The fourth-order valence-corrected chi connectivity index (χ4v) is 2.50. The molecule has 1 unspecified atom stereocenters. The van der Waals surface area contributed by atoms with E-state index in [2.05, 4.69) is 4.99 Å². The van der Waals surface area contributed by atoms with Crippen molar-refractivity contribution in [3.63, 3.8) is 0 Å². The van der Waals surface area contributed by atoms with Crippen molar-refractivity contribution in [2.45, 2.75) is 6.04 Å². The van der Waals surface area contributed by atoms with Crippen LogP contribution in [0.1, 0.15) is 11.6 Å². The highest BCUT2D eigenvalue weighted by Gasteiger charge is 2.34. The largest absolute Gasteiger partial charge is 0.486 e. The van der Waals surface area contributed by atoms with E-state index >= 15 is 0 Å². The van der Waals surface area contributed by atoms with Gasteiger partial charge >= 0.3 is 6.03 Å². The highest BCUT2D eigenvalue weighted by molar-refractivity contribution is 6.03. The monoisotopic (exact) mass is 291 g/mol. The van der Waals surface area contributed by atoms with E-state index in [-0.39, 0.29) is 17.9 Å². The Kier molecular flexibility index (Phi) is 3.66. The Morgan fingerprint density at radius 1 is 1.38 bits per heavy atom. The first-order valence-corrected chi connectivity index (χ1v) is 6.74. The Morgan fingerprint density at radius 2 is 2.14 bits per heavy atom. The van der Waals surface area contributed by atoms with Crippen LogP contribution in [0.4, 0.5) is 4.79 Å². The summed E-state index contributed by atoms with van der Waals surface area (Å²) in [7, 11) is 1.59. The van der Waals surface area contributed by atoms with Gasteiger partial charge in [-0.3, -0.25) is 0 Å². The fraction of sp³-hybridized carbons (Fsp3) is 0.429. The quantitative estimate of drug-likeness (QED) is 0.892. The molecule has 21 heavy (non-hydrogen) atoms. The van der Waals surface area contributed by atoms with Gasteiger partial charge in [0.25, 0.3) is 0 Å². The molecule has 0 spiro atoms. The number of urea groups is 1. The molecular weight excluding hydrogens is 274 g/mol. The maximum atomic E-state index is 11.9. The van der Waals surface area contributed by atoms with Crippen molar-refractivity contribution >= 4 is 11.9 Å². The molecule has 0 bridgehead atoms. The zero-order chi connectivity index (χ0) is 14.8. The van der Waals surface area contributed by atoms with Gasteiger partial charge in [0.15, 0.2) is 11.5 Å². The zero-order valence-corrected chi connectivity index (χ0v) is 11.7. The summed E-state index contributed by atoms with van der Waals surface area (Å²) in [4.78, 5) is 17.3. The van der Waals surface area contributed by atoms with Crippen molar-refractivity contribution in [3.05, 3.63) is 23.8 Å². The maximum Gasteiger partial charge on any atom is 0.346 e. The number of methoxy groups -OCH3 is 1. The van der Waals surface area contributed by atoms with E-state index in [1.54, 1.807) is 12.0 Å². The van der Waals surface area contributed by atoms with Crippen LogP contribution in [0.2, 0.25) is 0 Å². The summed E-state index contributed by atoms with van der Waals surface area (Å²) in [6, 6.07) is 4.82. The Labute approximate surface area is 122 Å².